The lowest BCUT2D eigenvalue weighted by Crippen LogP contribution is -2.12. The van der Waals surface area contributed by atoms with E-state index in [0.717, 1.165) is 17.7 Å². The molecule has 0 unspecified atom stereocenters. The number of benzene rings is 2. The van der Waals surface area contributed by atoms with Crippen LogP contribution in [0.5, 0.6) is 0 Å². The standard InChI is InChI=1S/C19H23NO4/c1-23-10-11-24-14-17-4-2-15(3-5-17)12-20-13-16-6-8-18(9-7-16)19(21)22/h2-9,20H,10-14H2,1H3,(H,21,22). The van der Waals surface area contributed by atoms with E-state index >= 15 is 0 Å². The van der Waals surface area contributed by atoms with Gasteiger partial charge >= 0.3 is 5.97 Å². The molecule has 0 aliphatic heterocycles. The highest BCUT2D eigenvalue weighted by molar-refractivity contribution is 5.87. The molecule has 0 aliphatic carbocycles. The van der Waals surface area contributed by atoms with Crippen molar-refractivity contribution in [2.45, 2.75) is 19.7 Å². The summed E-state index contributed by atoms with van der Waals surface area (Å²) in [6.45, 7) is 3.25. The molecule has 0 amide bonds. The minimum absolute atomic E-state index is 0.307. The summed E-state index contributed by atoms with van der Waals surface area (Å²) in [5, 5.41) is 12.2. The van der Waals surface area contributed by atoms with Crippen LogP contribution >= 0.6 is 0 Å². The van der Waals surface area contributed by atoms with Crippen molar-refractivity contribution in [3.8, 4) is 0 Å². The maximum absolute atomic E-state index is 10.8. The molecule has 2 aromatic rings. The predicted molar refractivity (Wildman–Crippen MR) is 91.9 cm³/mol. The van der Waals surface area contributed by atoms with E-state index < -0.39 is 5.97 Å². The molecule has 0 saturated carbocycles. The van der Waals surface area contributed by atoms with Gasteiger partial charge in [0, 0.05) is 20.2 Å². The molecule has 24 heavy (non-hydrogen) atoms. The number of aromatic carboxylic acids is 1. The SMILES string of the molecule is COCCOCc1ccc(CNCc2ccc(C(=O)O)cc2)cc1. The van der Waals surface area contributed by atoms with Gasteiger partial charge in [0.05, 0.1) is 25.4 Å². The fourth-order valence-corrected chi connectivity index (χ4v) is 2.20. The van der Waals surface area contributed by atoms with Crippen molar-refractivity contribution in [1.82, 2.24) is 5.32 Å². The molecule has 0 aliphatic rings. The molecule has 0 heterocycles. The van der Waals surface area contributed by atoms with Gasteiger partial charge in [0.25, 0.3) is 0 Å². The normalized spacial score (nSPS) is 10.7. The Hall–Kier alpha value is -2.21. The molecule has 2 rings (SSSR count). The average molecular weight is 329 g/mol. The van der Waals surface area contributed by atoms with Gasteiger partial charge in [0.2, 0.25) is 0 Å². The summed E-state index contributed by atoms with van der Waals surface area (Å²) in [5.41, 5.74) is 3.70. The fraction of sp³-hybridized carbons (Fsp3) is 0.316. The van der Waals surface area contributed by atoms with Gasteiger partial charge in [0.1, 0.15) is 0 Å². The molecule has 5 heteroatoms. The molecule has 2 N–H and O–H groups in total. The third-order valence-corrected chi connectivity index (χ3v) is 3.58. The van der Waals surface area contributed by atoms with Gasteiger partial charge in [-0.25, -0.2) is 4.79 Å². The molecule has 5 nitrogen and oxygen atoms in total. The lowest BCUT2D eigenvalue weighted by molar-refractivity contribution is 0.0616. The van der Waals surface area contributed by atoms with Gasteiger partial charge in [-0.3, -0.25) is 0 Å². The molecule has 2 aromatic carbocycles. The van der Waals surface area contributed by atoms with Crippen LogP contribution in [0.15, 0.2) is 48.5 Å². The summed E-state index contributed by atoms with van der Waals surface area (Å²) in [7, 11) is 1.66. The number of carbonyl (C=O) groups is 1. The van der Waals surface area contributed by atoms with Crippen LogP contribution in [0.2, 0.25) is 0 Å². The smallest absolute Gasteiger partial charge is 0.335 e. The van der Waals surface area contributed by atoms with E-state index in [-0.39, 0.29) is 0 Å². The molecule has 0 fully saturated rings. The monoisotopic (exact) mass is 329 g/mol. The van der Waals surface area contributed by atoms with Crippen molar-refractivity contribution in [1.29, 1.82) is 0 Å². The Morgan fingerprint density at radius 1 is 0.917 bits per heavy atom. The third kappa shape index (κ3) is 6.12. The largest absolute Gasteiger partial charge is 0.478 e. The number of hydrogen-bond donors (Lipinski definition) is 2. The minimum Gasteiger partial charge on any atom is -0.478 e. The highest BCUT2D eigenvalue weighted by atomic mass is 16.5. The van der Waals surface area contributed by atoms with Gasteiger partial charge in [-0.1, -0.05) is 36.4 Å². The zero-order valence-electron chi connectivity index (χ0n) is 13.8. The number of rotatable bonds is 10. The van der Waals surface area contributed by atoms with E-state index in [1.165, 1.54) is 5.56 Å². The summed E-state index contributed by atoms with van der Waals surface area (Å²) in [6.07, 6.45) is 0. The van der Waals surface area contributed by atoms with Crippen molar-refractivity contribution in [3.63, 3.8) is 0 Å². The number of ether oxygens (including phenoxy) is 2. The van der Waals surface area contributed by atoms with Gasteiger partial charge < -0.3 is 19.9 Å². The van der Waals surface area contributed by atoms with Crippen molar-refractivity contribution in [3.05, 3.63) is 70.8 Å². The lowest BCUT2D eigenvalue weighted by atomic mass is 10.1. The molecule has 0 radical (unpaired) electrons. The second kappa shape index (κ2) is 9.82. The van der Waals surface area contributed by atoms with Crippen LogP contribution < -0.4 is 5.32 Å². The molecule has 0 spiro atoms. The Labute approximate surface area is 142 Å². The first-order valence-electron chi connectivity index (χ1n) is 7.86. The Bertz CT molecular complexity index is 623. The summed E-state index contributed by atoms with van der Waals surface area (Å²) in [4.78, 5) is 10.8. The van der Waals surface area contributed by atoms with Gasteiger partial charge in [-0.15, -0.1) is 0 Å². The molecular weight excluding hydrogens is 306 g/mol. The van der Waals surface area contributed by atoms with Crippen LogP contribution in [-0.4, -0.2) is 31.4 Å². The molecule has 0 aromatic heterocycles. The number of carboxylic acids is 1. The topological polar surface area (TPSA) is 67.8 Å². The maximum Gasteiger partial charge on any atom is 0.335 e. The van der Waals surface area contributed by atoms with E-state index in [1.807, 2.05) is 12.1 Å². The Kier molecular flexibility index (Phi) is 7.42. The first-order valence-corrected chi connectivity index (χ1v) is 7.86. The third-order valence-electron chi connectivity index (χ3n) is 3.58. The Balaban J connectivity index is 1.73. The van der Waals surface area contributed by atoms with Crippen LogP contribution in [0.3, 0.4) is 0 Å². The maximum atomic E-state index is 10.8. The average Bonchev–Trinajstić information content (AvgIpc) is 2.60. The number of hydrogen-bond acceptors (Lipinski definition) is 4. The summed E-state index contributed by atoms with van der Waals surface area (Å²) >= 11 is 0. The van der Waals surface area contributed by atoms with Crippen LogP contribution in [0.25, 0.3) is 0 Å². The fourth-order valence-electron chi connectivity index (χ4n) is 2.20. The van der Waals surface area contributed by atoms with Crippen molar-refractivity contribution in [2.24, 2.45) is 0 Å². The number of methoxy groups -OCH3 is 1. The van der Waals surface area contributed by atoms with E-state index in [9.17, 15) is 4.79 Å². The van der Waals surface area contributed by atoms with Gasteiger partial charge in [-0.05, 0) is 28.8 Å². The van der Waals surface area contributed by atoms with E-state index in [0.29, 0.717) is 31.9 Å². The van der Waals surface area contributed by atoms with Crippen molar-refractivity contribution < 1.29 is 19.4 Å². The van der Waals surface area contributed by atoms with E-state index in [1.54, 1.807) is 19.2 Å². The number of nitrogens with one attached hydrogen (secondary N) is 1. The molecule has 0 saturated heterocycles. The van der Waals surface area contributed by atoms with Crippen LogP contribution in [0.4, 0.5) is 0 Å². The zero-order valence-corrected chi connectivity index (χ0v) is 13.8. The zero-order chi connectivity index (χ0) is 17.2. The van der Waals surface area contributed by atoms with Crippen LogP contribution in [0, 0.1) is 0 Å². The second-order valence-corrected chi connectivity index (χ2v) is 5.47. The predicted octanol–water partition coefficient (Wildman–Crippen LogP) is 2.84. The lowest BCUT2D eigenvalue weighted by Gasteiger charge is -2.07. The second-order valence-electron chi connectivity index (χ2n) is 5.47. The van der Waals surface area contributed by atoms with Crippen molar-refractivity contribution in [2.75, 3.05) is 20.3 Å². The number of carboxylic acid groups (broad SMARTS) is 1. The summed E-state index contributed by atoms with van der Waals surface area (Å²) in [6, 6.07) is 15.2. The van der Waals surface area contributed by atoms with E-state index in [2.05, 4.69) is 29.6 Å². The first kappa shape index (κ1) is 18.1. The van der Waals surface area contributed by atoms with Gasteiger partial charge in [-0.2, -0.15) is 0 Å². The van der Waals surface area contributed by atoms with E-state index in [4.69, 9.17) is 14.6 Å². The quantitative estimate of drug-likeness (QED) is 0.656. The summed E-state index contributed by atoms with van der Waals surface area (Å²) in [5.74, 6) is -0.902. The Morgan fingerprint density at radius 2 is 1.46 bits per heavy atom. The highest BCUT2D eigenvalue weighted by Gasteiger charge is 2.01. The highest BCUT2D eigenvalue weighted by Crippen LogP contribution is 2.07. The first-order chi connectivity index (χ1) is 11.7. The van der Waals surface area contributed by atoms with Crippen LogP contribution in [-0.2, 0) is 29.2 Å². The molecule has 0 bridgehead atoms. The van der Waals surface area contributed by atoms with Crippen molar-refractivity contribution >= 4 is 5.97 Å². The molecule has 0 atom stereocenters. The molecular formula is C19H23NO4. The van der Waals surface area contributed by atoms with Gasteiger partial charge in [0.15, 0.2) is 0 Å². The summed E-state index contributed by atoms with van der Waals surface area (Å²) < 4.78 is 10.4. The van der Waals surface area contributed by atoms with Crippen LogP contribution in [0.1, 0.15) is 27.0 Å². The minimum atomic E-state index is -0.902. The molecule has 128 valence electrons. The Morgan fingerprint density at radius 3 is 2.00 bits per heavy atom.